The predicted octanol–water partition coefficient (Wildman–Crippen LogP) is 5.38. The van der Waals surface area contributed by atoms with Crippen molar-refractivity contribution in [2.75, 3.05) is 6.54 Å². The lowest BCUT2D eigenvalue weighted by atomic mass is 10.1. The molecule has 0 aromatic carbocycles. The van der Waals surface area contributed by atoms with E-state index in [2.05, 4.69) is 6.58 Å². The highest BCUT2D eigenvalue weighted by Crippen LogP contribution is 2.14. The Balaban J connectivity index is 2.91. The molecular formula is C15H30ClN. The van der Waals surface area contributed by atoms with E-state index in [0.717, 1.165) is 18.0 Å². The molecule has 102 valence electrons. The third kappa shape index (κ3) is 16.0. The SMILES string of the molecule is C=C(Cl)CCCCCCCCCCCCCN. The van der Waals surface area contributed by atoms with Gasteiger partial charge in [-0.15, -0.1) is 0 Å². The van der Waals surface area contributed by atoms with Gasteiger partial charge in [-0.3, -0.25) is 0 Å². The Bertz CT molecular complexity index is 168. The number of allylic oxidation sites excluding steroid dienone is 1. The highest BCUT2D eigenvalue weighted by atomic mass is 35.5. The van der Waals surface area contributed by atoms with E-state index in [1.807, 2.05) is 0 Å². The van der Waals surface area contributed by atoms with Gasteiger partial charge in [0.05, 0.1) is 0 Å². The van der Waals surface area contributed by atoms with Crippen LogP contribution in [0.15, 0.2) is 11.6 Å². The van der Waals surface area contributed by atoms with Gasteiger partial charge in [-0.25, -0.2) is 0 Å². The zero-order valence-electron chi connectivity index (χ0n) is 11.4. The molecule has 0 amide bonds. The molecule has 1 nitrogen and oxygen atoms in total. The van der Waals surface area contributed by atoms with Gasteiger partial charge in [0.15, 0.2) is 0 Å². The second-order valence-corrected chi connectivity index (χ2v) is 5.48. The molecule has 0 saturated heterocycles. The predicted molar refractivity (Wildman–Crippen MR) is 79.5 cm³/mol. The van der Waals surface area contributed by atoms with Crippen LogP contribution in [0.5, 0.6) is 0 Å². The molecule has 0 spiro atoms. The molecule has 0 saturated carbocycles. The third-order valence-corrected chi connectivity index (χ3v) is 3.34. The van der Waals surface area contributed by atoms with Crippen molar-refractivity contribution in [1.82, 2.24) is 0 Å². The number of unbranched alkanes of at least 4 members (excludes halogenated alkanes) is 10. The van der Waals surface area contributed by atoms with Crippen LogP contribution in [-0.4, -0.2) is 6.54 Å². The number of halogens is 1. The molecule has 0 aliphatic rings. The van der Waals surface area contributed by atoms with Crippen LogP contribution >= 0.6 is 11.6 Å². The smallest absolute Gasteiger partial charge is 0.0109 e. The Morgan fingerprint density at radius 2 is 1.06 bits per heavy atom. The average molecular weight is 260 g/mol. The van der Waals surface area contributed by atoms with E-state index in [-0.39, 0.29) is 0 Å². The van der Waals surface area contributed by atoms with Crippen LogP contribution in [-0.2, 0) is 0 Å². The Morgan fingerprint density at radius 1 is 0.706 bits per heavy atom. The van der Waals surface area contributed by atoms with Crippen LogP contribution in [0.1, 0.15) is 77.0 Å². The van der Waals surface area contributed by atoms with E-state index < -0.39 is 0 Å². The molecule has 0 rings (SSSR count). The molecule has 0 aliphatic carbocycles. The van der Waals surface area contributed by atoms with E-state index in [0.29, 0.717) is 0 Å². The fourth-order valence-corrected chi connectivity index (χ4v) is 2.19. The molecule has 0 aliphatic heterocycles. The fourth-order valence-electron chi connectivity index (χ4n) is 2.05. The van der Waals surface area contributed by atoms with E-state index in [1.54, 1.807) is 0 Å². The first-order valence-electron chi connectivity index (χ1n) is 7.30. The normalized spacial score (nSPS) is 10.7. The largest absolute Gasteiger partial charge is 0.330 e. The molecule has 0 aromatic heterocycles. The molecule has 0 bridgehead atoms. The van der Waals surface area contributed by atoms with Gasteiger partial charge in [-0.1, -0.05) is 76.0 Å². The summed E-state index contributed by atoms with van der Waals surface area (Å²) in [6.07, 6.45) is 15.7. The summed E-state index contributed by atoms with van der Waals surface area (Å²) in [6.45, 7) is 4.56. The number of hydrogen-bond donors (Lipinski definition) is 1. The Hall–Kier alpha value is -0.0100. The first kappa shape index (κ1) is 17.0. The van der Waals surface area contributed by atoms with Gasteiger partial charge < -0.3 is 5.73 Å². The molecule has 17 heavy (non-hydrogen) atoms. The minimum absolute atomic E-state index is 0.808. The topological polar surface area (TPSA) is 26.0 Å². The number of rotatable bonds is 13. The lowest BCUT2D eigenvalue weighted by Crippen LogP contribution is -1.97. The van der Waals surface area contributed by atoms with Gasteiger partial charge in [-0.05, 0) is 25.8 Å². The maximum Gasteiger partial charge on any atom is 0.0109 e. The highest BCUT2D eigenvalue weighted by Gasteiger charge is 1.94. The summed E-state index contributed by atoms with van der Waals surface area (Å²) in [5, 5.41) is 0.808. The molecule has 2 heteroatoms. The minimum Gasteiger partial charge on any atom is -0.330 e. The highest BCUT2D eigenvalue weighted by molar-refractivity contribution is 6.29. The van der Waals surface area contributed by atoms with Crippen molar-refractivity contribution in [2.45, 2.75) is 77.0 Å². The molecule has 0 radical (unpaired) electrons. The lowest BCUT2D eigenvalue weighted by Gasteiger charge is -2.02. The van der Waals surface area contributed by atoms with Crippen LogP contribution in [0.2, 0.25) is 0 Å². The lowest BCUT2D eigenvalue weighted by molar-refractivity contribution is 0.547. The van der Waals surface area contributed by atoms with Crippen LogP contribution < -0.4 is 5.73 Å². The summed E-state index contributed by atoms with van der Waals surface area (Å²) in [5.74, 6) is 0. The van der Waals surface area contributed by atoms with Crippen molar-refractivity contribution < 1.29 is 0 Å². The van der Waals surface area contributed by atoms with Crippen molar-refractivity contribution in [3.63, 3.8) is 0 Å². The van der Waals surface area contributed by atoms with Crippen molar-refractivity contribution in [3.8, 4) is 0 Å². The van der Waals surface area contributed by atoms with Gasteiger partial charge in [0.2, 0.25) is 0 Å². The molecular weight excluding hydrogens is 230 g/mol. The van der Waals surface area contributed by atoms with Crippen LogP contribution in [0, 0.1) is 0 Å². The standard InChI is InChI=1S/C15H30ClN/c1-15(16)13-11-9-7-5-3-2-4-6-8-10-12-14-17/h1-14,17H2. The van der Waals surface area contributed by atoms with Crippen molar-refractivity contribution in [2.24, 2.45) is 5.73 Å². The second kappa shape index (κ2) is 14.1. The summed E-state index contributed by atoms with van der Waals surface area (Å²) < 4.78 is 0. The molecule has 2 N–H and O–H groups in total. The first-order valence-corrected chi connectivity index (χ1v) is 7.68. The van der Waals surface area contributed by atoms with Crippen molar-refractivity contribution >= 4 is 11.6 Å². The Morgan fingerprint density at radius 3 is 1.41 bits per heavy atom. The van der Waals surface area contributed by atoms with E-state index in [4.69, 9.17) is 17.3 Å². The maximum absolute atomic E-state index is 5.71. The summed E-state index contributed by atoms with van der Waals surface area (Å²) >= 11 is 5.71. The fraction of sp³-hybridized carbons (Fsp3) is 0.867. The van der Waals surface area contributed by atoms with Crippen molar-refractivity contribution in [3.05, 3.63) is 11.6 Å². The number of nitrogens with two attached hydrogens (primary N) is 1. The van der Waals surface area contributed by atoms with Gasteiger partial charge in [0.1, 0.15) is 0 Å². The number of hydrogen-bond acceptors (Lipinski definition) is 1. The minimum atomic E-state index is 0.808. The van der Waals surface area contributed by atoms with Gasteiger partial charge in [-0.2, -0.15) is 0 Å². The van der Waals surface area contributed by atoms with Gasteiger partial charge in [0.25, 0.3) is 0 Å². The monoisotopic (exact) mass is 259 g/mol. The van der Waals surface area contributed by atoms with Gasteiger partial charge in [0, 0.05) is 5.03 Å². The summed E-state index contributed by atoms with van der Waals surface area (Å²) in [4.78, 5) is 0. The van der Waals surface area contributed by atoms with Crippen molar-refractivity contribution in [1.29, 1.82) is 0 Å². The van der Waals surface area contributed by atoms with E-state index in [9.17, 15) is 0 Å². The first-order chi connectivity index (χ1) is 8.27. The zero-order chi connectivity index (χ0) is 12.8. The van der Waals surface area contributed by atoms with E-state index in [1.165, 1.54) is 70.6 Å². The molecule has 0 atom stereocenters. The van der Waals surface area contributed by atoms with Crippen LogP contribution in [0.4, 0.5) is 0 Å². The quantitative estimate of drug-likeness (QED) is 0.442. The summed E-state index contributed by atoms with van der Waals surface area (Å²) in [5.41, 5.74) is 5.45. The molecule has 0 heterocycles. The average Bonchev–Trinajstić information content (AvgIpc) is 2.30. The Labute approximate surface area is 113 Å². The van der Waals surface area contributed by atoms with E-state index >= 15 is 0 Å². The van der Waals surface area contributed by atoms with Crippen LogP contribution in [0.25, 0.3) is 0 Å². The third-order valence-electron chi connectivity index (χ3n) is 3.15. The Kier molecular flexibility index (Phi) is 14.0. The second-order valence-electron chi connectivity index (χ2n) is 4.95. The molecule has 0 unspecified atom stereocenters. The molecule has 0 aromatic rings. The summed E-state index contributed by atoms with van der Waals surface area (Å²) in [7, 11) is 0. The zero-order valence-corrected chi connectivity index (χ0v) is 12.1. The van der Waals surface area contributed by atoms with Crippen LogP contribution in [0.3, 0.4) is 0 Å². The summed E-state index contributed by atoms with van der Waals surface area (Å²) in [6, 6.07) is 0. The maximum atomic E-state index is 5.71. The van der Waals surface area contributed by atoms with Gasteiger partial charge >= 0.3 is 0 Å². The molecule has 0 fully saturated rings.